The second-order valence-corrected chi connectivity index (χ2v) is 4.39. The Kier molecular flexibility index (Phi) is 2.61. The normalized spacial score (nSPS) is 10.9. The summed E-state index contributed by atoms with van der Waals surface area (Å²) in [7, 11) is 0. The molecule has 3 nitrogen and oxygen atoms in total. The first kappa shape index (κ1) is 10.4. The fraction of sp³-hybridized carbons (Fsp3) is 0.273. The Morgan fingerprint density at radius 3 is 2.93 bits per heavy atom. The Morgan fingerprint density at radius 2 is 2.27 bits per heavy atom. The third-order valence-corrected chi connectivity index (χ3v) is 2.65. The van der Waals surface area contributed by atoms with E-state index in [0.717, 1.165) is 21.1 Å². The van der Waals surface area contributed by atoms with Gasteiger partial charge in [-0.25, -0.2) is 4.98 Å². The standard InChI is InChI=1S/C11H10BrNO2/c1-6(14)3-8-4-9(12)11-10(5-8)13-7(2)15-11/h4-5H,3H2,1-2H3. The zero-order valence-corrected chi connectivity index (χ0v) is 10.1. The minimum Gasteiger partial charge on any atom is -0.440 e. The van der Waals surface area contributed by atoms with Crippen molar-refractivity contribution in [1.29, 1.82) is 0 Å². The smallest absolute Gasteiger partial charge is 0.192 e. The Hall–Kier alpha value is -1.16. The van der Waals surface area contributed by atoms with Crippen molar-refractivity contribution in [1.82, 2.24) is 4.98 Å². The van der Waals surface area contributed by atoms with E-state index in [4.69, 9.17) is 4.42 Å². The van der Waals surface area contributed by atoms with Gasteiger partial charge in [-0.05, 0) is 40.5 Å². The van der Waals surface area contributed by atoms with Gasteiger partial charge < -0.3 is 4.42 Å². The number of Topliss-reactive ketones (excluding diaryl/α,β-unsaturated/α-hetero) is 1. The number of ketones is 1. The van der Waals surface area contributed by atoms with Crippen LogP contribution in [0.4, 0.5) is 0 Å². The van der Waals surface area contributed by atoms with E-state index in [9.17, 15) is 4.79 Å². The molecule has 0 aliphatic rings. The van der Waals surface area contributed by atoms with Crippen LogP contribution in [0.3, 0.4) is 0 Å². The van der Waals surface area contributed by atoms with Gasteiger partial charge in [0.25, 0.3) is 0 Å². The highest BCUT2D eigenvalue weighted by molar-refractivity contribution is 9.10. The van der Waals surface area contributed by atoms with Crippen molar-refractivity contribution in [2.24, 2.45) is 0 Å². The maximum absolute atomic E-state index is 11.0. The number of oxazole rings is 1. The number of halogens is 1. The first-order valence-corrected chi connectivity index (χ1v) is 5.40. The van der Waals surface area contributed by atoms with E-state index in [1.165, 1.54) is 0 Å². The number of rotatable bonds is 2. The molecule has 4 heteroatoms. The second-order valence-electron chi connectivity index (χ2n) is 3.54. The van der Waals surface area contributed by atoms with E-state index < -0.39 is 0 Å². The van der Waals surface area contributed by atoms with Crippen molar-refractivity contribution in [3.63, 3.8) is 0 Å². The number of aromatic nitrogens is 1. The van der Waals surface area contributed by atoms with Crippen LogP contribution in [-0.4, -0.2) is 10.8 Å². The van der Waals surface area contributed by atoms with Gasteiger partial charge in [0, 0.05) is 13.3 Å². The van der Waals surface area contributed by atoms with Crippen LogP contribution in [-0.2, 0) is 11.2 Å². The Labute approximate surface area is 95.6 Å². The van der Waals surface area contributed by atoms with Gasteiger partial charge in [0.2, 0.25) is 0 Å². The molecule has 0 amide bonds. The summed E-state index contributed by atoms with van der Waals surface area (Å²) in [6.45, 7) is 3.38. The van der Waals surface area contributed by atoms with Crippen molar-refractivity contribution in [2.45, 2.75) is 20.3 Å². The molecule has 0 spiro atoms. The molecule has 78 valence electrons. The molecule has 1 heterocycles. The maximum Gasteiger partial charge on any atom is 0.192 e. The molecule has 0 saturated carbocycles. The second kappa shape index (κ2) is 3.77. The van der Waals surface area contributed by atoms with E-state index in [1.54, 1.807) is 13.8 Å². The molecule has 2 aromatic rings. The van der Waals surface area contributed by atoms with E-state index in [0.29, 0.717) is 12.3 Å². The summed E-state index contributed by atoms with van der Waals surface area (Å²) in [4.78, 5) is 15.2. The lowest BCUT2D eigenvalue weighted by Gasteiger charge is -1.98. The Bertz CT molecular complexity index is 531. The summed E-state index contributed by atoms with van der Waals surface area (Å²) in [5.41, 5.74) is 2.48. The van der Waals surface area contributed by atoms with Gasteiger partial charge in [-0.2, -0.15) is 0 Å². The van der Waals surface area contributed by atoms with E-state index in [-0.39, 0.29) is 5.78 Å². The molecule has 15 heavy (non-hydrogen) atoms. The monoisotopic (exact) mass is 267 g/mol. The summed E-state index contributed by atoms with van der Waals surface area (Å²) >= 11 is 3.41. The summed E-state index contributed by atoms with van der Waals surface area (Å²) in [6, 6.07) is 3.78. The minimum absolute atomic E-state index is 0.140. The molecule has 1 aromatic heterocycles. The molecule has 1 aromatic carbocycles. The van der Waals surface area contributed by atoms with Crippen LogP contribution in [0.2, 0.25) is 0 Å². The van der Waals surface area contributed by atoms with Crippen molar-refractivity contribution in [3.8, 4) is 0 Å². The highest BCUT2D eigenvalue weighted by atomic mass is 79.9. The molecule has 0 bridgehead atoms. The fourth-order valence-corrected chi connectivity index (χ4v) is 2.13. The van der Waals surface area contributed by atoms with Gasteiger partial charge in [-0.15, -0.1) is 0 Å². The lowest BCUT2D eigenvalue weighted by Crippen LogP contribution is -1.96. The van der Waals surface area contributed by atoms with Crippen molar-refractivity contribution < 1.29 is 9.21 Å². The van der Waals surface area contributed by atoms with Gasteiger partial charge in [-0.3, -0.25) is 4.79 Å². The van der Waals surface area contributed by atoms with Crippen LogP contribution in [0.25, 0.3) is 11.1 Å². The average Bonchev–Trinajstić information content (AvgIpc) is 2.44. The molecule has 0 atom stereocenters. The van der Waals surface area contributed by atoms with Gasteiger partial charge in [0.05, 0.1) is 4.47 Å². The number of carbonyl (C=O) groups is 1. The van der Waals surface area contributed by atoms with Crippen LogP contribution in [0, 0.1) is 6.92 Å². The highest BCUT2D eigenvalue weighted by Crippen LogP contribution is 2.26. The minimum atomic E-state index is 0.140. The predicted octanol–water partition coefficient (Wildman–Crippen LogP) is 3.03. The number of hydrogen-bond acceptors (Lipinski definition) is 3. The topological polar surface area (TPSA) is 43.1 Å². The summed E-state index contributed by atoms with van der Waals surface area (Å²) in [6.07, 6.45) is 0.431. The molecule has 0 saturated heterocycles. The Balaban J connectivity index is 2.56. The summed E-state index contributed by atoms with van der Waals surface area (Å²) < 4.78 is 6.26. The van der Waals surface area contributed by atoms with Crippen LogP contribution in [0.1, 0.15) is 18.4 Å². The molecule has 0 aliphatic heterocycles. The molecule has 0 aliphatic carbocycles. The fourth-order valence-electron chi connectivity index (χ4n) is 1.55. The lowest BCUT2D eigenvalue weighted by atomic mass is 10.1. The number of fused-ring (bicyclic) bond motifs is 1. The van der Waals surface area contributed by atoms with Gasteiger partial charge in [0.1, 0.15) is 11.3 Å². The Morgan fingerprint density at radius 1 is 1.53 bits per heavy atom. The van der Waals surface area contributed by atoms with Gasteiger partial charge in [-0.1, -0.05) is 0 Å². The quantitative estimate of drug-likeness (QED) is 0.840. The van der Waals surface area contributed by atoms with E-state index in [1.807, 2.05) is 12.1 Å². The summed E-state index contributed by atoms with van der Waals surface area (Å²) in [5, 5.41) is 0. The zero-order valence-electron chi connectivity index (χ0n) is 8.50. The maximum atomic E-state index is 11.0. The first-order chi connectivity index (χ1) is 7.06. The van der Waals surface area contributed by atoms with Gasteiger partial charge >= 0.3 is 0 Å². The zero-order chi connectivity index (χ0) is 11.0. The molecule has 0 N–H and O–H groups in total. The molecular weight excluding hydrogens is 258 g/mol. The number of aryl methyl sites for hydroxylation is 1. The van der Waals surface area contributed by atoms with Crippen LogP contribution < -0.4 is 0 Å². The van der Waals surface area contributed by atoms with E-state index >= 15 is 0 Å². The third kappa shape index (κ3) is 2.09. The molecule has 0 fully saturated rings. The predicted molar refractivity (Wildman–Crippen MR) is 60.8 cm³/mol. The largest absolute Gasteiger partial charge is 0.440 e. The molecular formula is C11H10BrNO2. The van der Waals surface area contributed by atoms with E-state index in [2.05, 4.69) is 20.9 Å². The van der Waals surface area contributed by atoms with Crippen molar-refractivity contribution >= 4 is 32.8 Å². The molecule has 2 rings (SSSR count). The number of hydrogen-bond donors (Lipinski definition) is 0. The molecule has 0 radical (unpaired) electrons. The van der Waals surface area contributed by atoms with Crippen molar-refractivity contribution in [3.05, 3.63) is 28.1 Å². The summed E-state index contributed by atoms with van der Waals surface area (Å²) in [5.74, 6) is 0.771. The van der Waals surface area contributed by atoms with Gasteiger partial charge in [0.15, 0.2) is 11.5 Å². The molecule has 0 unspecified atom stereocenters. The van der Waals surface area contributed by atoms with Crippen LogP contribution >= 0.6 is 15.9 Å². The van der Waals surface area contributed by atoms with Crippen LogP contribution in [0.15, 0.2) is 21.0 Å². The van der Waals surface area contributed by atoms with Crippen LogP contribution in [0.5, 0.6) is 0 Å². The SMILES string of the molecule is CC(=O)Cc1cc(Br)c2oc(C)nc2c1. The first-order valence-electron chi connectivity index (χ1n) is 4.61. The number of nitrogens with zero attached hydrogens (tertiary/aromatic N) is 1. The number of benzene rings is 1. The average molecular weight is 268 g/mol. The third-order valence-electron chi connectivity index (χ3n) is 2.06. The highest BCUT2D eigenvalue weighted by Gasteiger charge is 2.09. The lowest BCUT2D eigenvalue weighted by molar-refractivity contribution is -0.116. The number of carbonyl (C=O) groups excluding carboxylic acids is 1. The van der Waals surface area contributed by atoms with Crippen molar-refractivity contribution in [2.75, 3.05) is 0 Å².